The third-order valence-corrected chi connectivity index (χ3v) is 4.10. The van der Waals surface area contributed by atoms with E-state index in [1.165, 1.54) is 31.3 Å². The largest absolute Gasteiger partial charge is 0.0765 e. The molecule has 3 aliphatic carbocycles. The second kappa shape index (κ2) is 2.17. The highest BCUT2D eigenvalue weighted by molar-refractivity contribution is 5.45. The highest BCUT2D eigenvalue weighted by Crippen LogP contribution is 2.62. The Kier molecular flexibility index (Phi) is 1.27. The first-order valence-electron chi connectivity index (χ1n) is 5.36. The summed E-state index contributed by atoms with van der Waals surface area (Å²) >= 11 is 0. The quantitative estimate of drug-likeness (QED) is 0.489. The van der Waals surface area contributed by atoms with Gasteiger partial charge in [0.2, 0.25) is 0 Å². The summed E-state index contributed by atoms with van der Waals surface area (Å²) in [5.41, 5.74) is 2.32. The first kappa shape index (κ1) is 7.61. The maximum Gasteiger partial charge on any atom is 0.0193 e. The van der Waals surface area contributed by atoms with Crippen LogP contribution in [0.25, 0.3) is 0 Å². The summed E-state index contributed by atoms with van der Waals surface area (Å²) in [6.45, 7) is 2.22. The molecule has 0 aliphatic heterocycles. The molecule has 1 saturated carbocycles. The smallest absolute Gasteiger partial charge is 0.0193 e. The van der Waals surface area contributed by atoms with Crippen molar-refractivity contribution < 1.29 is 0 Å². The van der Waals surface area contributed by atoms with Crippen LogP contribution in [-0.2, 0) is 0 Å². The topological polar surface area (TPSA) is 0 Å². The zero-order valence-corrected chi connectivity index (χ0v) is 8.22. The molecule has 3 rings (SSSR count). The summed E-state index contributed by atoms with van der Waals surface area (Å²) in [4.78, 5) is 0. The Bertz CT molecular complexity index is 332. The van der Waals surface area contributed by atoms with Crippen molar-refractivity contribution in [3.8, 4) is 0 Å². The van der Waals surface area contributed by atoms with Crippen LogP contribution in [0.2, 0.25) is 0 Å². The van der Waals surface area contributed by atoms with Gasteiger partial charge in [0.1, 0.15) is 0 Å². The molecule has 13 heavy (non-hydrogen) atoms. The molecule has 0 N–H and O–H groups in total. The van der Waals surface area contributed by atoms with E-state index in [-0.39, 0.29) is 0 Å². The molecule has 0 aromatic rings. The minimum Gasteiger partial charge on any atom is -0.0765 e. The molecule has 0 saturated heterocycles. The van der Waals surface area contributed by atoms with Crippen LogP contribution in [0.4, 0.5) is 0 Å². The minimum atomic E-state index is 0.435. The average molecular weight is 172 g/mol. The van der Waals surface area contributed by atoms with Gasteiger partial charge in [-0.3, -0.25) is 0 Å². The SMILES string of the molecule is CC1=C[C@]23C=C[C@]2(C=C1)CCCC3. The Morgan fingerprint density at radius 3 is 2.38 bits per heavy atom. The number of allylic oxidation sites excluding steroid dienone is 6. The molecule has 0 aromatic heterocycles. The van der Waals surface area contributed by atoms with Gasteiger partial charge in [-0.25, -0.2) is 0 Å². The number of hydrogen-bond donors (Lipinski definition) is 0. The van der Waals surface area contributed by atoms with Crippen LogP contribution in [0.1, 0.15) is 32.6 Å². The predicted molar refractivity (Wildman–Crippen MR) is 55.4 cm³/mol. The lowest BCUT2D eigenvalue weighted by Crippen LogP contribution is -2.46. The Morgan fingerprint density at radius 2 is 1.69 bits per heavy atom. The van der Waals surface area contributed by atoms with Gasteiger partial charge >= 0.3 is 0 Å². The molecular formula is C13H16. The zero-order valence-electron chi connectivity index (χ0n) is 8.22. The van der Waals surface area contributed by atoms with Gasteiger partial charge in [-0.2, -0.15) is 0 Å². The third-order valence-electron chi connectivity index (χ3n) is 4.10. The van der Waals surface area contributed by atoms with E-state index >= 15 is 0 Å². The van der Waals surface area contributed by atoms with Crippen LogP contribution in [0, 0.1) is 10.8 Å². The molecule has 3 aliphatic rings. The van der Waals surface area contributed by atoms with E-state index in [4.69, 9.17) is 0 Å². The Labute approximate surface area is 80.0 Å². The normalized spacial score (nSPS) is 46.1. The van der Waals surface area contributed by atoms with Gasteiger partial charge in [0.05, 0.1) is 0 Å². The van der Waals surface area contributed by atoms with E-state index in [0.717, 1.165) is 0 Å². The summed E-state index contributed by atoms with van der Waals surface area (Å²) in [7, 11) is 0. The summed E-state index contributed by atoms with van der Waals surface area (Å²) in [5.74, 6) is 0. The van der Waals surface area contributed by atoms with Crippen molar-refractivity contribution in [2.24, 2.45) is 10.8 Å². The van der Waals surface area contributed by atoms with E-state index in [2.05, 4.69) is 37.3 Å². The van der Waals surface area contributed by atoms with Crippen molar-refractivity contribution in [3.63, 3.8) is 0 Å². The molecule has 0 heteroatoms. The summed E-state index contributed by atoms with van der Waals surface area (Å²) in [6, 6.07) is 0. The number of hydrogen-bond acceptors (Lipinski definition) is 0. The van der Waals surface area contributed by atoms with Gasteiger partial charge in [-0.1, -0.05) is 48.8 Å². The van der Waals surface area contributed by atoms with Crippen molar-refractivity contribution >= 4 is 0 Å². The molecule has 0 bridgehead atoms. The van der Waals surface area contributed by atoms with E-state index in [1.54, 1.807) is 0 Å². The van der Waals surface area contributed by atoms with E-state index in [0.29, 0.717) is 10.8 Å². The summed E-state index contributed by atoms with van der Waals surface area (Å²) < 4.78 is 0. The lowest BCUT2D eigenvalue weighted by atomic mass is 9.47. The first-order valence-corrected chi connectivity index (χ1v) is 5.36. The highest BCUT2D eigenvalue weighted by atomic mass is 14.6. The van der Waals surface area contributed by atoms with Crippen molar-refractivity contribution in [2.45, 2.75) is 32.6 Å². The molecule has 1 fully saturated rings. The fourth-order valence-corrected chi connectivity index (χ4v) is 3.26. The predicted octanol–water partition coefficient (Wildman–Crippen LogP) is 3.62. The fourth-order valence-electron chi connectivity index (χ4n) is 3.26. The second-order valence-electron chi connectivity index (χ2n) is 4.84. The van der Waals surface area contributed by atoms with Gasteiger partial charge in [-0.05, 0) is 19.8 Å². The standard InChI is InChI=1S/C13H16/c1-11-4-7-12-5-2-3-6-13(12,10-11)9-8-12/h4,7-10H,2-3,5-6H2,1H3/t12-,13+/m1/s1. The molecule has 0 amide bonds. The number of rotatable bonds is 0. The molecule has 0 radical (unpaired) electrons. The van der Waals surface area contributed by atoms with Crippen molar-refractivity contribution in [1.82, 2.24) is 0 Å². The van der Waals surface area contributed by atoms with Gasteiger partial charge in [0, 0.05) is 10.8 Å². The van der Waals surface area contributed by atoms with Crippen LogP contribution >= 0.6 is 0 Å². The molecule has 0 unspecified atom stereocenters. The van der Waals surface area contributed by atoms with E-state index < -0.39 is 0 Å². The van der Waals surface area contributed by atoms with Gasteiger partial charge < -0.3 is 0 Å². The van der Waals surface area contributed by atoms with Crippen molar-refractivity contribution in [1.29, 1.82) is 0 Å². The molecule has 0 heterocycles. The molecule has 2 atom stereocenters. The average Bonchev–Trinajstić information content (AvgIpc) is 2.11. The Balaban J connectivity index is 2.11. The maximum absolute atomic E-state index is 2.49. The first-order chi connectivity index (χ1) is 6.27. The van der Waals surface area contributed by atoms with Gasteiger partial charge in [0.15, 0.2) is 0 Å². The van der Waals surface area contributed by atoms with Gasteiger partial charge in [0.25, 0.3) is 0 Å². The third kappa shape index (κ3) is 0.769. The molecule has 68 valence electrons. The van der Waals surface area contributed by atoms with E-state index in [1.807, 2.05) is 0 Å². The van der Waals surface area contributed by atoms with Crippen molar-refractivity contribution in [2.75, 3.05) is 0 Å². The maximum atomic E-state index is 2.49. The highest BCUT2D eigenvalue weighted by Gasteiger charge is 2.53. The zero-order chi connectivity index (χ0) is 8.94. The van der Waals surface area contributed by atoms with Crippen LogP contribution in [0.5, 0.6) is 0 Å². The Hall–Kier alpha value is -0.780. The molecule has 0 aromatic carbocycles. The van der Waals surface area contributed by atoms with Crippen LogP contribution in [-0.4, -0.2) is 0 Å². The monoisotopic (exact) mass is 172 g/mol. The second-order valence-corrected chi connectivity index (χ2v) is 4.84. The van der Waals surface area contributed by atoms with Crippen LogP contribution in [0.3, 0.4) is 0 Å². The minimum absolute atomic E-state index is 0.435. The van der Waals surface area contributed by atoms with Gasteiger partial charge in [-0.15, -0.1) is 0 Å². The fraction of sp³-hybridized carbons (Fsp3) is 0.538. The summed E-state index contributed by atoms with van der Waals surface area (Å²) in [6.07, 6.45) is 17.6. The molecule has 0 nitrogen and oxygen atoms in total. The van der Waals surface area contributed by atoms with Crippen molar-refractivity contribution in [3.05, 3.63) is 36.0 Å². The van der Waals surface area contributed by atoms with E-state index in [9.17, 15) is 0 Å². The lowest BCUT2D eigenvalue weighted by Gasteiger charge is -2.56. The molecule has 0 spiro atoms. The molecular weight excluding hydrogens is 156 g/mol. The van der Waals surface area contributed by atoms with Crippen LogP contribution < -0.4 is 0 Å². The van der Waals surface area contributed by atoms with Crippen LogP contribution in [0.15, 0.2) is 36.0 Å². The Morgan fingerprint density at radius 1 is 1.00 bits per heavy atom. The summed E-state index contributed by atoms with van der Waals surface area (Å²) in [5, 5.41) is 0. The lowest BCUT2D eigenvalue weighted by molar-refractivity contribution is 0.134.